The topological polar surface area (TPSA) is 73.5 Å². The van der Waals surface area contributed by atoms with Crippen LogP contribution in [-0.4, -0.2) is 55.0 Å². The van der Waals surface area contributed by atoms with Gasteiger partial charge in [0.05, 0.1) is 6.04 Å². The Morgan fingerprint density at radius 2 is 1.84 bits per heavy atom. The Morgan fingerprint density at radius 1 is 1.06 bits per heavy atom. The number of carbonyl (C=O) groups excluding carboxylic acids is 2. The second-order valence-corrected chi connectivity index (χ2v) is 8.66. The van der Waals surface area contributed by atoms with Crippen LogP contribution in [0.15, 0.2) is 48.5 Å². The van der Waals surface area contributed by atoms with Crippen LogP contribution in [0, 0.1) is 0 Å². The molecule has 2 amide bonds. The summed E-state index contributed by atoms with van der Waals surface area (Å²) in [4.78, 5) is 28.4. The lowest BCUT2D eigenvalue weighted by Gasteiger charge is -2.30. The molecule has 3 N–H and O–H groups in total. The maximum Gasteiger partial charge on any atom is 0.245 e. The molecule has 0 aromatic heterocycles. The summed E-state index contributed by atoms with van der Waals surface area (Å²) in [6, 6.07) is 14.7. The number of nitrogens with one attached hydrogen (secondary N) is 3. The van der Waals surface area contributed by atoms with Crippen LogP contribution >= 0.6 is 11.6 Å². The predicted octanol–water partition coefficient (Wildman–Crippen LogP) is 1.90. The highest BCUT2D eigenvalue weighted by Gasteiger charge is 2.30. The van der Waals surface area contributed by atoms with Crippen molar-refractivity contribution in [3.63, 3.8) is 0 Å². The summed E-state index contributed by atoms with van der Waals surface area (Å²) in [5.74, 6) is -0.155. The van der Waals surface area contributed by atoms with Gasteiger partial charge in [-0.1, -0.05) is 48.0 Å². The molecule has 1 saturated heterocycles. The van der Waals surface area contributed by atoms with E-state index in [0.717, 1.165) is 25.1 Å². The summed E-state index contributed by atoms with van der Waals surface area (Å²) in [6.45, 7) is 3.69. The van der Waals surface area contributed by atoms with Crippen molar-refractivity contribution >= 4 is 23.4 Å². The number of halogens is 1. The molecular formula is C24H29ClN4O2. The first-order chi connectivity index (χ1) is 15.1. The molecule has 2 aliphatic rings. The first-order valence-electron chi connectivity index (χ1n) is 10.9. The molecule has 31 heavy (non-hydrogen) atoms. The zero-order valence-electron chi connectivity index (χ0n) is 17.6. The fourth-order valence-electron chi connectivity index (χ4n) is 4.25. The smallest absolute Gasteiger partial charge is 0.245 e. The lowest BCUT2D eigenvalue weighted by Crippen LogP contribution is -2.56. The first kappa shape index (κ1) is 21.8. The van der Waals surface area contributed by atoms with Crippen molar-refractivity contribution in [3.8, 4) is 0 Å². The average molecular weight is 441 g/mol. The Kier molecular flexibility index (Phi) is 7.22. The molecule has 0 aliphatic carbocycles. The van der Waals surface area contributed by atoms with Crippen LogP contribution < -0.4 is 16.0 Å². The number of benzene rings is 2. The Hall–Kier alpha value is -2.41. The largest absolute Gasteiger partial charge is 0.343 e. The van der Waals surface area contributed by atoms with Crippen molar-refractivity contribution < 1.29 is 9.59 Å². The van der Waals surface area contributed by atoms with E-state index < -0.39 is 6.04 Å². The minimum Gasteiger partial charge on any atom is -0.343 e. The summed E-state index contributed by atoms with van der Waals surface area (Å²) < 4.78 is 0. The first-order valence-corrected chi connectivity index (χ1v) is 11.3. The van der Waals surface area contributed by atoms with Crippen LogP contribution in [0.2, 0.25) is 5.02 Å². The van der Waals surface area contributed by atoms with E-state index in [-0.39, 0.29) is 17.9 Å². The van der Waals surface area contributed by atoms with E-state index in [1.54, 1.807) is 0 Å². The Bertz CT molecular complexity index is 910. The van der Waals surface area contributed by atoms with Crippen molar-refractivity contribution in [3.05, 3.63) is 70.2 Å². The highest BCUT2D eigenvalue weighted by molar-refractivity contribution is 6.30. The summed E-state index contributed by atoms with van der Waals surface area (Å²) in [5, 5.41) is 10.3. The molecule has 164 valence electrons. The average Bonchev–Trinajstić information content (AvgIpc) is 3.09. The molecule has 0 radical (unpaired) electrons. The third-order valence-electron chi connectivity index (χ3n) is 6.02. The lowest BCUT2D eigenvalue weighted by atomic mass is 9.95. The van der Waals surface area contributed by atoms with Crippen LogP contribution in [0.5, 0.6) is 0 Å². The fraction of sp³-hybridized carbons (Fsp3) is 0.417. The second kappa shape index (κ2) is 10.3. The van der Waals surface area contributed by atoms with E-state index in [0.29, 0.717) is 37.5 Å². The molecule has 2 heterocycles. The van der Waals surface area contributed by atoms with Gasteiger partial charge in [-0.05, 0) is 48.2 Å². The molecule has 7 heteroatoms. The Morgan fingerprint density at radius 3 is 2.65 bits per heavy atom. The van der Waals surface area contributed by atoms with Crippen molar-refractivity contribution in [2.75, 3.05) is 26.2 Å². The van der Waals surface area contributed by atoms with E-state index in [2.05, 4.69) is 28.1 Å². The SMILES string of the molecule is O=C(N[C@H](Cc1ccc(Cl)cc1)C(=O)N1CCCNCC1)C1Cc2ccccc2CN1. The van der Waals surface area contributed by atoms with Crippen LogP contribution in [0.3, 0.4) is 0 Å². The minimum absolute atomic E-state index is 0.0248. The Labute approximate surface area is 188 Å². The molecule has 0 saturated carbocycles. The zero-order chi connectivity index (χ0) is 21.6. The predicted molar refractivity (Wildman–Crippen MR) is 122 cm³/mol. The molecule has 2 aliphatic heterocycles. The van der Waals surface area contributed by atoms with Gasteiger partial charge < -0.3 is 20.9 Å². The van der Waals surface area contributed by atoms with E-state index in [1.807, 2.05) is 41.3 Å². The summed E-state index contributed by atoms with van der Waals surface area (Å²) in [7, 11) is 0. The van der Waals surface area contributed by atoms with Gasteiger partial charge >= 0.3 is 0 Å². The van der Waals surface area contributed by atoms with Crippen LogP contribution in [0.25, 0.3) is 0 Å². The third-order valence-corrected chi connectivity index (χ3v) is 6.27. The van der Waals surface area contributed by atoms with Crippen LogP contribution in [0.1, 0.15) is 23.1 Å². The summed E-state index contributed by atoms with van der Waals surface area (Å²) in [6.07, 6.45) is 1.97. The third kappa shape index (κ3) is 5.64. The van der Waals surface area contributed by atoms with Crippen molar-refractivity contribution in [1.29, 1.82) is 0 Å². The van der Waals surface area contributed by atoms with Gasteiger partial charge in [0.15, 0.2) is 0 Å². The van der Waals surface area contributed by atoms with Crippen LogP contribution in [0.4, 0.5) is 0 Å². The molecule has 1 fully saturated rings. The van der Waals surface area contributed by atoms with E-state index in [9.17, 15) is 9.59 Å². The molecule has 0 spiro atoms. The second-order valence-electron chi connectivity index (χ2n) is 8.23. The molecule has 2 atom stereocenters. The lowest BCUT2D eigenvalue weighted by molar-refractivity contribution is -0.136. The van der Waals surface area contributed by atoms with Gasteiger partial charge in [0.2, 0.25) is 11.8 Å². The highest BCUT2D eigenvalue weighted by Crippen LogP contribution is 2.17. The summed E-state index contributed by atoms with van der Waals surface area (Å²) >= 11 is 6.02. The van der Waals surface area contributed by atoms with Crippen LogP contribution in [-0.2, 0) is 29.0 Å². The van der Waals surface area contributed by atoms with Gasteiger partial charge in [0.1, 0.15) is 6.04 Å². The van der Waals surface area contributed by atoms with E-state index in [4.69, 9.17) is 11.6 Å². The Balaban J connectivity index is 1.48. The maximum absolute atomic E-state index is 13.4. The van der Waals surface area contributed by atoms with Gasteiger partial charge in [-0.3, -0.25) is 9.59 Å². The molecule has 2 aromatic carbocycles. The van der Waals surface area contributed by atoms with E-state index >= 15 is 0 Å². The molecule has 1 unspecified atom stereocenters. The van der Waals surface area contributed by atoms with E-state index in [1.165, 1.54) is 11.1 Å². The maximum atomic E-state index is 13.4. The fourth-order valence-corrected chi connectivity index (χ4v) is 4.38. The number of hydrogen-bond donors (Lipinski definition) is 3. The minimum atomic E-state index is -0.606. The zero-order valence-corrected chi connectivity index (χ0v) is 18.3. The number of amides is 2. The van der Waals surface area contributed by atoms with Gasteiger partial charge in [0, 0.05) is 37.6 Å². The van der Waals surface area contributed by atoms with Gasteiger partial charge in [-0.15, -0.1) is 0 Å². The molecule has 2 aromatic rings. The van der Waals surface area contributed by atoms with Gasteiger partial charge in [0.25, 0.3) is 0 Å². The summed E-state index contributed by atoms with van der Waals surface area (Å²) in [5.41, 5.74) is 3.37. The van der Waals surface area contributed by atoms with Crippen molar-refractivity contribution in [2.45, 2.75) is 37.9 Å². The normalized spacial score (nSPS) is 19.8. The standard InChI is InChI=1S/C24H29ClN4O2/c25-20-8-6-17(7-9-20)14-22(24(31)29-12-3-10-26-11-13-29)28-23(30)21-15-18-4-1-2-5-19(18)16-27-21/h1-2,4-9,21-22,26-27H,3,10-16H2,(H,28,30)/t21?,22-/m1/s1. The number of carbonyl (C=O) groups is 2. The monoisotopic (exact) mass is 440 g/mol. The quantitative estimate of drug-likeness (QED) is 0.664. The molecular weight excluding hydrogens is 412 g/mol. The number of nitrogens with zero attached hydrogens (tertiary/aromatic N) is 1. The van der Waals surface area contributed by atoms with Gasteiger partial charge in [-0.2, -0.15) is 0 Å². The molecule has 6 nitrogen and oxygen atoms in total. The molecule has 4 rings (SSSR count). The number of hydrogen-bond acceptors (Lipinski definition) is 4. The highest BCUT2D eigenvalue weighted by atomic mass is 35.5. The van der Waals surface area contributed by atoms with Crippen molar-refractivity contribution in [1.82, 2.24) is 20.9 Å². The number of rotatable bonds is 5. The van der Waals surface area contributed by atoms with Gasteiger partial charge in [-0.25, -0.2) is 0 Å². The number of fused-ring (bicyclic) bond motifs is 1. The molecule has 0 bridgehead atoms. The van der Waals surface area contributed by atoms with Crippen molar-refractivity contribution in [2.24, 2.45) is 0 Å².